The van der Waals surface area contributed by atoms with Crippen LogP contribution in [0.3, 0.4) is 0 Å². The maximum absolute atomic E-state index is 12.7. The number of hydrogen-bond acceptors (Lipinski definition) is 4. The molecule has 150 valence electrons. The number of aryl methyl sites for hydroxylation is 2. The number of fused-ring (bicyclic) bond motifs is 1. The van der Waals surface area contributed by atoms with E-state index in [1.807, 2.05) is 30.0 Å². The van der Waals surface area contributed by atoms with Crippen LogP contribution < -0.4 is 9.64 Å². The highest BCUT2D eigenvalue weighted by molar-refractivity contribution is 7.11. The van der Waals surface area contributed by atoms with Crippen molar-refractivity contribution in [2.45, 2.75) is 46.6 Å². The Morgan fingerprint density at radius 2 is 1.83 bits per heavy atom. The van der Waals surface area contributed by atoms with Gasteiger partial charge in [0, 0.05) is 10.4 Å². The summed E-state index contributed by atoms with van der Waals surface area (Å²) in [6, 6.07) is 14.5. The first kappa shape index (κ1) is 19.6. The number of hydrogen-bond donors (Lipinski definition) is 0. The van der Waals surface area contributed by atoms with E-state index in [1.165, 1.54) is 10.4 Å². The highest BCUT2D eigenvalue weighted by Gasteiger charge is 2.27. The molecule has 0 unspecified atom stereocenters. The molecule has 1 aliphatic heterocycles. The summed E-state index contributed by atoms with van der Waals surface area (Å²) < 4.78 is 5.68. The molecule has 4 rings (SSSR count). The van der Waals surface area contributed by atoms with Crippen molar-refractivity contribution in [2.24, 2.45) is 0 Å². The summed E-state index contributed by atoms with van der Waals surface area (Å²) in [5, 5.41) is 1.04. The summed E-state index contributed by atoms with van der Waals surface area (Å²) in [6.45, 7) is 11.3. The number of aromatic nitrogens is 1. The van der Waals surface area contributed by atoms with E-state index in [1.54, 1.807) is 11.3 Å². The molecule has 0 spiro atoms. The molecule has 5 heteroatoms. The van der Waals surface area contributed by atoms with Gasteiger partial charge >= 0.3 is 0 Å². The number of thiazole rings is 1. The number of carbonyl (C=O) groups is 1. The normalized spacial score (nSPS) is 14.0. The van der Waals surface area contributed by atoms with Gasteiger partial charge in [0.05, 0.1) is 22.9 Å². The van der Waals surface area contributed by atoms with Crippen molar-refractivity contribution in [2.75, 3.05) is 11.5 Å². The Labute approximate surface area is 176 Å². The molecule has 29 heavy (non-hydrogen) atoms. The van der Waals surface area contributed by atoms with Crippen molar-refractivity contribution >= 4 is 22.9 Å². The van der Waals surface area contributed by atoms with Gasteiger partial charge in [0.25, 0.3) is 5.91 Å². The zero-order valence-electron chi connectivity index (χ0n) is 17.6. The third kappa shape index (κ3) is 3.92. The maximum atomic E-state index is 12.7. The minimum Gasteiger partial charge on any atom is -0.482 e. The van der Waals surface area contributed by atoms with Crippen molar-refractivity contribution in [3.05, 3.63) is 63.5 Å². The predicted octanol–water partition coefficient (Wildman–Crippen LogP) is 5.65. The molecular formula is C24H26N2O2S. The Balaban J connectivity index is 1.68. The fourth-order valence-electron chi connectivity index (χ4n) is 3.61. The molecule has 0 atom stereocenters. The molecule has 0 fully saturated rings. The van der Waals surface area contributed by atoms with Gasteiger partial charge in [-0.3, -0.25) is 4.79 Å². The number of amides is 1. The molecule has 0 saturated carbocycles. The number of ether oxygens (including phenoxy) is 1. The number of nitrogens with zero attached hydrogens (tertiary/aromatic N) is 2. The Morgan fingerprint density at radius 1 is 1.10 bits per heavy atom. The molecule has 0 N–H and O–H groups in total. The van der Waals surface area contributed by atoms with Gasteiger partial charge in [0.15, 0.2) is 6.61 Å². The fraction of sp³-hybridized carbons (Fsp3) is 0.333. The second-order valence-corrected chi connectivity index (χ2v) is 9.94. The van der Waals surface area contributed by atoms with Crippen LogP contribution in [0.5, 0.6) is 5.75 Å². The summed E-state index contributed by atoms with van der Waals surface area (Å²) in [7, 11) is 0. The summed E-state index contributed by atoms with van der Waals surface area (Å²) in [6.07, 6.45) is 0. The Morgan fingerprint density at radius 3 is 2.45 bits per heavy atom. The van der Waals surface area contributed by atoms with Crippen molar-refractivity contribution in [3.8, 4) is 17.0 Å². The monoisotopic (exact) mass is 406 g/mol. The van der Waals surface area contributed by atoms with Crippen molar-refractivity contribution in [1.29, 1.82) is 0 Å². The lowest BCUT2D eigenvalue weighted by Gasteiger charge is -2.30. The quantitative estimate of drug-likeness (QED) is 0.564. The molecule has 3 aromatic rings. The van der Waals surface area contributed by atoms with Crippen LogP contribution in [0.2, 0.25) is 0 Å². The lowest BCUT2D eigenvalue weighted by atomic mass is 9.87. The van der Waals surface area contributed by atoms with Gasteiger partial charge in [-0.2, -0.15) is 0 Å². The highest BCUT2D eigenvalue weighted by atomic mass is 32.1. The minimum absolute atomic E-state index is 0.0271. The van der Waals surface area contributed by atoms with Crippen LogP contribution in [0, 0.1) is 13.8 Å². The first-order valence-electron chi connectivity index (χ1n) is 9.83. The van der Waals surface area contributed by atoms with Gasteiger partial charge in [0.1, 0.15) is 5.75 Å². The van der Waals surface area contributed by atoms with Gasteiger partial charge in [0.2, 0.25) is 0 Å². The van der Waals surface area contributed by atoms with Gasteiger partial charge in [-0.1, -0.05) is 45.0 Å². The molecule has 0 saturated heterocycles. The fourth-order valence-corrected chi connectivity index (χ4v) is 4.45. The first-order chi connectivity index (χ1) is 13.7. The van der Waals surface area contributed by atoms with E-state index < -0.39 is 0 Å². The Bertz CT molecular complexity index is 1060. The lowest BCUT2D eigenvalue weighted by Crippen LogP contribution is -2.38. The van der Waals surface area contributed by atoms with E-state index >= 15 is 0 Å². The second kappa shape index (κ2) is 7.30. The Hall–Kier alpha value is -2.66. The molecule has 0 bridgehead atoms. The average molecular weight is 407 g/mol. The molecule has 1 amide bonds. The zero-order chi connectivity index (χ0) is 20.8. The van der Waals surface area contributed by atoms with E-state index in [2.05, 4.69) is 56.9 Å². The molecule has 0 aliphatic carbocycles. The van der Waals surface area contributed by atoms with Crippen LogP contribution in [0.15, 0.2) is 42.5 Å². The smallest absolute Gasteiger partial charge is 0.265 e. The van der Waals surface area contributed by atoms with Gasteiger partial charge in [-0.15, -0.1) is 11.3 Å². The van der Waals surface area contributed by atoms with Crippen LogP contribution in [0.25, 0.3) is 11.3 Å². The van der Waals surface area contributed by atoms with Crippen LogP contribution in [-0.4, -0.2) is 17.5 Å². The molecule has 1 aromatic heterocycles. The average Bonchev–Trinajstić information content (AvgIpc) is 3.01. The summed E-state index contributed by atoms with van der Waals surface area (Å²) in [5.74, 6) is 0.713. The summed E-state index contributed by atoms with van der Waals surface area (Å²) >= 11 is 1.69. The number of benzene rings is 2. The maximum Gasteiger partial charge on any atom is 0.265 e. The molecular weight excluding hydrogens is 380 g/mol. The van der Waals surface area contributed by atoms with E-state index in [-0.39, 0.29) is 17.9 Å². The summed E-state index contributed by atoms with van der Waals surface area (Å²) in [4.78, 5) is 20.4. The van der Waals surface area contributed by atoms with Crippen LogP contribution in [0.1, 0.15) is 41.8 Å². The van der Waals surface area contributed by atoms with Crippen molar-refractivity contribution < 1.29 is 9.53 Å². The van der Waals surface area contributed by atoms with Crippen LogP contribution in [0.4, 0.5) is 5.69 Å². The van der Waals surface area contributed by atoms with E-state index in [9.17, 15) is 4.79 Å². The van der Waals surface area contributed by atoms with Crippen molar-refractivity contribution in [1.82, 2.24) is 4.98 Å². The number of carbonyl (C=O) groups excluding carboxylic acids is 1. The molecule has 2 aromatic carbocycles. The summed E-state index contributed by atoms with van der Waals surface area (Å²) in [5.41, 5.74) is 5.29. The van der Waals surface area contributed by atoms with Crippen LogP contribution >= 0.6 is 11.3 Å². The van der Waals surface area contributed by atoms with E-state index in [4.69, 9.17) is 4.74 Å². The molecule has 2 heterocycles. The van der Waals surface area contributed by atoms with Gasteiger partial charge < -0.3 is 9.64 Å². The van der Waals surface area contributed by atoms with E-state index in [0.29, 0.717) is 6.54 Å². The van der Waals surface area contributed by atoms with Crippen molar-refractivity contribution in [3.63, 3.8) is 0 Å². The third-order valence-corrected chi connectivity index (χ3v) is 6.13. The second-order valence-electron chi connectivity index (χ2n) is 8.54. The number of rotatable bonds is 3. The predicted molar refractivity (Wildman–Crippen MR) is 119 cm³/mol. The molecule has 1 aliphatic rings. The topological polar surface area (TPSA) is 42.4 Å². The van der Waals surface area contributed by atoms with Gasteiger partial charge in [-0.25, -0.2) is 4.98 Å². The highest BCUT2D eigenvalue weighted by Crippen LogP contribution is 2.38. The van der Waals surface area contributed by atoms with E-state index in [0.717, 1.165) is 33.3 Å². The Kier molecular flexibility index (Phi) is 4.95. The first-order valence-corrected chi connectivity index (χ1v) is 10.6. The minimum atomic E-state index is -0.0271. The standard InChI is InChI=1S/C24H26N2O2S/c1-15-23(25-16(2)29-15)18-8-11-21-20(12-18)26(22(27)14-28-21)13-17-6-9-19(10-7-17)24(3,4)5/h6-12H,13-14H2,1-5H3. The molecule has 4 nitrogen and oxygen atoms in total. The SMILES string of the molecule is Cc1nc(-c2ccc3c(c2)N(Cc2ccc(C(C)(C)C)cc2)C(=O)CO3)c(C)s1. The number of anilines is 1. The third-order valence-electron chi connectivity index (χ3n) is 5.24. The zero-order valence-corrected chi connectivity index (χ0v) is 18.4. The largest absolute Gasteiger partial charge is 0.482 e. The van der Waals surface area contributed by atoms with Gasteiger partial charge in [-0.05, 0) is 48.6 Å². The molecule has 0 radical (unpaired) electrons. The van der Waals surface area contributed by atoms with Crippen LogP contribution in [-0.2, 0) is 16.8 Å². The lowest BCUT2D eigenvalue weighted by molar-refractivity contribution is -0.121.